The number of carbonyl (C=O) groups excluding carboxylic acids is 1. The fraction of sp³-hybridized carbons (Fsp3) is 0.900. The maximum atomic E-state index is 12.0. The van der Waals surface area contributed by atoms with Gasteiger partial charge in [-0.3, -0.25) is 4.79 Å². The monoisotopic (exact) mass is 196 g/mol. The molecule has 0 aromatic heterocycles. The van der Waals surface area contributed by atoms with E-state index in [2.05, 4.69) is 10.2 Å². The molecule has 4 nitrogen and oxygen atoms in total. The van der Waals surface area contributed by atoms with Gasteiger partial charge in [-0.25, -0.2) is 0 Å². The summed E-state index contributed by atoms with van der Waals surface area (Å²) in [7, 11) is 0. The molecule has 3 aliphatic rings. The van der Waals surface area contributed by atoms with Crippen LogP contribution in [0.25, 0.3) is 0 Å². The lowest BCUT2D eigenvalue weighted by Gasteiger charge is -2.39. The minimum absolute atomic E-state index is 0.108. The average molecular weight is 196 g/mol. The highest BCUT2D eigenvalue weighted by Crippen LogP contribution is 2.30. The quantitative estimate of drug-likeness (QED) is 0.628. The van der Waals surface area contributed by atoms with Gasteiger partial charge in [0.2, 0.25) is 5.91 Å². The van der Waals surface area contributed by atoms with Crippen LogP contribution in [0.3, 0.4) is 0 Å². The van der Waals surface area contributed by atoms with Crippen molar-refractivity contribution in [2.24, 2.45) is 0 Å². The zero-order valence-corrected chi connectivity index (χ0v) is 8.24. The molecule has 0 aromatic carbocycles. The van der Waals surface area contributed by atoms with Crippen LogP contribution in [0.4, 0.5) is 0 Å². The molecule has 3 heterocycles. The Morgan fingerprint density at radius 3 is 2.36 bits per heavy atom. The number of morpholine rings is 1. The van der Waals surface area contributed by atoms with E-state index in [1.165, 1.54) is 0 Å². The number of ether oxygens (including phenoxy) is 1. The van der Waals surface area contributed by atoms with Crippen molar-refractivity contribution in [3.8, 4) is 0 Å². The standard InChI is InChI=1S/C10H16N2O2/c13-10(9-3-4-11-9)12-7-1-2-8(12)6-14-5-7/h7-9,11H,1-6H2. The molecule has 0 aromatic rings. The average Bonchev–Trinajstić information content (AvgIpc) is 2.33. The molecule has 3 fully saturated rings. The lowest BCUT2D eigenvalue weighted by Crippen LogP contribution is -2.59. The van der Waals surface area contributed by atoms with Crippen molar-refractivity contribution in [1.82, 2.24) is 10.2 Å². The van der Waals surface area contributed by atoms with E-state index in [0.29, 0.717) is 18.0 Å². The number of fused-ring (bicyclic) bond motifs is 2. The summed E-state index contributed by atoms with van der Waals surface area (Å²) in [5.41, 5.74) is 0. The van der Waals surface area contributed by atoms with E-state index in [-0.39, 0.29) is 6.04 Å². The lowest BCUT2D eigenvalue weighted by atomic mass is 10.0. The molecular formula is C10H16N2O2. The van der Waals surface area contributed by atoms with Crippen molar-refractivity contribution in [3.05, 3.63) is 0 Å². The van der Waals surface area contributed by atoms with E-state index < -0.39 is 0 Å². The van der Waals surface area contributed by atoms with Gasteiger partial charge in [-0.15, -0.1) is 0 Å². The second-order valence-corrected chi connectivity index (χ2v) is 4.46. The van der Waals surface area contributed by atoms with E-state index in [0.717, 1.165) is 39.0 Å². The molecule has 3 saturated heterocycles. The molecule has 4 heteroatoms. The first-order valence-electron chi connectivity index (χ1n) is 5.49. The molecule has 3 atom stereocenters. The molecule has 3 rings (SSSR count). The highest BCUT2D eigenvalue weighted by atomic mass is 16.5. The van der Waals surface area contributed by atoms with E-state index >= 15 is 0 Å². The van der Waals surface area contributed by atoms with Crippen LogP contribution in [-0.2, 0) is 9.53 Å². The number of hydrogen-bond acceptors (Lipinski definition) is 3. The van der Waals surface area contributed by atoms with Crippen LogP contribution in [0, 0.1) is 0 Å². The van der Waals surface area contributed by atoms with E-state index in [9.17, 15) is 4.79 Å². The Bertz CT molecular complexity index is 237. The summed E-state index contributed by atoms with van der Waals surface area (Å²) in [6.45, 7) is 2.49. The van der Waals surface area contributed by atoms with Gasteiger partial charge in [0, 0.05) is 0 Å². The normalized spacial score (nSPS) is 40.9. The Morgan fingerprint density at radius 1 is 1.21 bits per heavy atom. The Labute approximate surface area is 83.6 Å². The summed E-state index contributed by atoms with van der Waals surface area (Å²) >= 11 is 0. The Hall–Kier alpha value is -0.610. The van der Waals surface area contributed by atoms with Crippen LogP contribution in [0.2, 0.25) is 0 Å². The van der Waals surface area contributed by atoms with Crippen molar-refractivity contribution in [3.63, 3.8) is 0 Å². The highest BCUT2D eigenvalue weighted by Gasteiger charge is 2.43. The molecular weight excluding hydrogens is 180 g/mol. The number of amides is 1. The van der Waals surface area contributed by atoms with Crippen LogP contribution < -0.4 is 5.32 Å². The third-order valence-corrected chi connectivity index (χ3v) is 3.62. The maximum absolute atomic E-state index is 12.0. The summed E-state index contributed by atoms with van der Waals surface area (Å²) < 4.78 is 5.45. The Balaban J connectivity index is 1.74. The van der Waals surface area contributed by atoms with Crippen molar-refractivity contribution < 1.29 is 9.53 Å². The van der Waals surface area contributed by atoms with Crippen LogP contribution in [0.15, 0.2) is 0 Å². The first kappa shape index (κ1) is 8.68. The number of nitrogens with zero attached hydrogens (tertiary/aromatic N) is 1. The smallest absolute Gasteiger partial charge is 0.240 e. The Morgan fingerprint density at radius 2 is 1.86 bits per heavy atom. The molecule has 1 amide bonds. The fourth-order valence-electron chi connectivity index (χ4n) is 2.67. The maximum Gasteiger partial charge on any atom is 0.240 e. The second kappa shape index (κ2) is 3.21. The fourth-order valence-corrected chi connectivity index (χ4v) is 2.67. The zero-order valence-electron chi connectivity index (χ0n) is 8.24. The van der Waals surface area contributed by atoms with Gasteiger partial charge >= 0.3 is 0 Å². The predicted octanol–water partition coefficient (Wildman–Crippen LogP) is -0.262. The highest BCUT2D eigenvalue weighted by molar-refractivity contribution is 5.83. The largest absolute Gasteiger partial charge is 0.377 e. The van der Waals surface area contributed by atoms with E-state index in [1.807, 2.05) is 0 Å². The molecule has 78 valence electrons. The van der Waals surface area contributed by atoms with Crippen LogP contribution in [0.5, 0.6) is 0 Å². The summed E-state index contributed by atoms with van der Waals surface area (Å²) in [6.07, 6.45) is 3.27. The van der Waals surface area contributed by atoms with Crippen LogP contribution in [-0.4, -0.2) is 48.7 Å². The van der Waals surface area contributed by atoms with Gasteiger partial charge in [-0.1, -0.05) is 0 Å². The van der Waals surface area contributed by atoms with Gasteiger partial charge < -0.3 is 15.0 Å². The van der Waals surface area contributed by atoms with Gasteiger partial charge in [-0.05, 0) is 25.8 Å². The Kier molecular flexibility index (Phi) is 1.99. The molecule has 0 radical (unpaired) electrons. The molecule has 0 aliphatic carbocycles. The number of carbonyl (C=O) groups is 1. The number of hydrogen-bond donors (Lipinski definition) is 1. The summed E-state index contributed by atoms with van der Waals surface area (Å²) in [6, 6.07) is 0.837. The first-order valence-corrected chi connectivity index (χ1v) is 5.49. The van der Waals surface area contributed by atoms with Gasteiger partial charge in [0.1, 0.15) is 0 Å². The van der Waals surface area contributed by atoms with Crippen molar-refractivity contribution in [2.75, 3.05) is 19.8 Å². The minimum Gasteiger partial charge on any atom is -0.377 e. The van der Waals surface area contributed by atoms with Gasteiger partial charge in [0.25, 0.3) is 0 Å². The molecule has 1 N–H and O–H groups in total. The molecule has 3 aliphatic heterocycles. The zero-order chi connectivity index (χ0) is 9.54. The van der Waals surface area contributed by atoms with Crippen molar-refractivity contribution >= 4 is 5.91 Å². The van der Waals surface area contributed by atoms with Gasteiger partial charge in [-0.2, -0.15) is 0 Å². The summed E-state index contributed by atoms with van der Waals surface area (Å²) in [4.78, 5) is 14.1. The first-order chi connectivity index (χ1) is 6.86. The van der Waals surface area contributed by atoms with Crippen LogP contribution >= 0.6 is 0 Å². The molecule has 14 heavy (non-hydrogen) atoms. The van der Waals surface area contributed by atoms with Crippen molar-refractivity contribution in [2.45, 2.75) is 37.4 Å². The number of rotatable bonds is 1. The summed E-state index contributed by atoms with van der Waals surface area (Å²) in [5.74, 6) is 0.312. The molecule has 3 unspecified atom stereocenters. The third-order valence-electron chi connectivity index (χ3n) is 3.62. The van der Waals surface area contributed by atoms with E-state index in [4.69, 9.17) is 4.74 Å². The molecule has 2 bridgehead atoms. The summed E-state index contributed by atoms with van der Waals surface area (Å²) in [5, 5.41) is 3.18. The topological polar surface area (TPSA) is 41.6 Å². The molecule has 0 spiro atoms. The van der Waals surface area contributed by atoms with Crippen molar-refractivity contribution in [1.29, 1.82) is 0 Å². The SMILES string of the molecule is O=C(C1CCN1)N1C2CCC1COC2. The molecule has 0 saturated carbocycles. The van der Waals surface area contributed by atoms with Gasteiger partial charge in [0.15, 0.2) is 0 Å². The lowest BCUT2D eigenvalue weighted by molar-refractivity contribution is -0.145. The van der Waals surface area contributed by atoms with Gasteiger partial charge in [0.05, 0.1) is 31.3 Å². The second-order valence-electron chi connectivity index (χ2n) is 4.46. The van der Waals surface area contributed by atoms with Crippen LogP contribution in [0.1, 0.15) is 19.3 Å². The minimum atomic E-state index is 0.108. The van der Waals surface area contributed by atoms with E-state index in [1.54, 1.807) is 0 Å². The number of nitrogens with one attached hydrogen (secondary N) is 1. The third kappa shape index (κ3) is 1.17. The predicted molar refractivity (Wildman–Crippen MR) is 50.9 cm³/mol.